The minimum Gasteiger partial charge on any atom is -0.456 e. The number of benzene rings is 1. The Kier molecular flexibility index (Phi) is 8.49. The lowest BCUT2D eigenvalue weighted by Crippen LogP contribution is -2.45. The van der Waals surface area contributed by atoms with Crippen LogP contribution in [0.3, 0.4) is 0 Å². The van der Waals surface area contributed by atoms with Gasteiger partial charge in [-0.1, -0.05) is 32.9 Å². The smallest absolute Gasteiger partial charge is 0.416 e. The molecule has 10 heteroatoms. The normalized spacial score (nSPS) is 18.6. The van der Waals surface area contributed by atoms with Crippen LogP contribution in [0.2, 0.25) is 0 Å². The summed E-state index contributed by atoms with van der Waals surface area (Å²) in [5, 5.41) is 11.0. The molecule has 1 N–H and O–H groups in total. The molecule has 0 aliphatic heterocycles. The number of hydrogen-bond acceptors (Lipinski definition) is 6. The van der Waals surface area contributed by atoms with Gasteiger partial charge in [-0.2, -0.15) is 23.4 Å². The first-order valence-corrected chi connectivity index (χ1v) is 12.4. The zero-order chi connectivity index (χ0) is 27.5. The number of rotatable bonds is 6. The summed E-state index contributed by atoms with van der Waals surface area (Å²) in [5.74, 6) is -0.383. The number of esters is 1. The molecule has 7 nitrogen and oxygen atoms in total. The SMILES string of the molecule is CC(C)C[C@H](NC(=O)OC(C)(C)C)C(=O)OC1CC(C)Cc2nnc(-c3cccc(C(F)(F)F)c3)cc21. The van der Waals surface area contributed by atoms with E-state index in [1.165, 1.54) is 12.1 Å². The highest BCUT2D eigenvalue weighted by molar-refractivity contribution is 5.81. The van der Waals surface area contributed by atoms with Gasteiger partial charge in [0, 0.05) is 11.1 Å². The summed E-state index contributed by atoms with van der Waals surface area (Å²) in [5.41, 5.74) is 0.240. The highest BCUT2D eigenvalue weighted by Crippen LogP contribution is 2.37. The fourth-order valence-electron chi connectivity index (χ4n) is 4.24. The molecule has 1 aromatic carbocycles. The molecule has 1 aliphatic carbocycles. The number of alkyl halides is 3. The molecule has 3 atom stereocenters. The molecule has 2 unspecified atom stereocenters. The van der Waals surface area contributed by atoms with Crippen molar-refractivity contribution in [3.8, 4) is 11.3 Å². The van der Waals surface area contributed by atoms with E-state index in [2.05, 4.69) is 15.5 Å². The van der Waals surface area contributed by atoms with Crippen LogP contribution >= 0.6 is 0 Å². The van der Waals surface area contributed by atoms with Crippen molar-refractivity contribution in [3.05, 3.63) is 47.2 Å². The van der Waals surface area contributed by atoms with Crippen molar-refractivity contribution in [2.24, 2.45) is 11.8 Å². The summed E-state index contributed by atoms with van der Waals surface area (Å²) in [6.45, 7) is 11.0. The molecular weight excluding hydrogens is 487 g/mol. The van der Waals surface area contributed by atoms with Crippen LogP contribution in [0.25, 0.3) is 11.3 Å². The monoisotopic (exact) mass is 521 g/mol. The standard InChI is InChI=1S/C27H34F3N3O4/c1-15(2)10-22(31-25(35)37-26(4,5)6)24(34)36-23-12-16(3)11-21-19(23)14-20(32-33-21)17-8-7-9-18(13-17)27(28,29)30/h7-9,13-16,22-23H,10-12H2,1-6H3,(H,31,35)/t16?,22-,23?/m0/s1. The predicted molar refractivity (Wildman–Crippen MR) is 131 cm³/mol. The Balaban J connectivity index is 1.87. The Morgan fingerprint density at radius 2 is 1.84 bits per heavy atom. The molecule has 202 valence electrons. The fraction of sp³-hybridized carbons (Fsp3) is 0.556. The van der Waals surface area contributed by atoms with Gasteiger partial charge in [-0.3, -0.25) is 0 Å². The van der Waals surface area contributed by atoms with Gasteiger partial charge < -0.3 is 14.8 Å². The highest BCUT2D eigenvalue weighted by Gasteiger charge is 2.34. The van der Waals surface area contributed by atoms with Crippen LogP contribution in [0.15, 0.2) is 30.3 Å². The van der Waals surface area contributed by atoms with Gasteiger partial charge in [-0.05, 0) is 70.1 Å². The van der Waals surface area contributed by atoms with Crippen LogP contribution in [-0.4, -0.2) is 33.9 Å². The number of carbonyl (C=O) groups is 2. The number of carbonyl (C=O) groups excluding carboxylic acids is 2. The fourth-order valence-corrected chi connectivity index (χ4v) is 4.24. The molecule has 1 aromatic heterocycles. The van der Waals surface area contributed by atoms with E-state index < -0.39 is 41.5 Å². The van der Waals surface area contributed by atoms with E-state index in [0.717, 1.165) is 12.1 Å². The van der Waals surface area contributed by atoms with Gasteiger partial charge in [0.25, 0.3) is 0 Å². The molecule has 0 saturated heterocycles. The number of nitrogens with zero attached hydrogens (tertiary/aromatic N) is 2. The quantitative estimate of drug-likeness (QED) is 0.451. The lowest BCUT2D eigenvalue weighted by molar-refractivity contribution is -0.153. The molecule has 3 rings (SSSR count). The van der Waals surface area contributed by atoms with E-state index >= 15 is 0 Å². The Morgan fingerprint density at radius 1 is 1.14 bits per heavy atom. The summed E-state index contributed by atoms with van der Waals surface area (Å²) in [6, 6.07) is 5.58. The van der Waals surface area contributed by atoms with Crippen LogP contribution in [0.4, 0.5) is 18.0 Å². The summed E-state index contributed by atoms with van der Waals surface area (Å²) in [7, 11) is 0. The maximum Gasteiger partial charge on any atom is 0.416 e. The van der Waals surface area contributed by atoms with E-state index in [9.17, 15) is 22.8 Å². The first-order valence-electron chi connectivity index (χ1n) is 12.4. The number of aromatic nitrogens is 2. The van der Waals surface area contributed by atoms with Crippen molar-refractivity contribution in [2.45, 2.75) is 84.7 Å². The van der Waals surface area contributed by atoms with E-state index in [1.807, 2.05) is 20.8 Å². The van der Waals surface area contributed by atoms with Crippen molar-refractivity contribution >= 4 is 12.1 Å². The topological polar surface area (TPSA) is 90.4 Å². The lowest BCUT2D eigenvalue weighted by atomic mass is 9.85. The van der Waals surface area contributed by atoms with Crippen molar-refractivity contribution in [1.29, 1.82) is 0 Å². The molecule has 2 aromatic rings. The molecule has 1 heterocycles. The first kappa shape index (κ1) is 28.4. The minimum atomic E-state index is -4.49. The predicted octanol–water partition coefficient (Wildman–Crippen LogP) is 6.27. The highest BCUT2D eigenvalue weighted by atomic mass is 19.4. The van der Waals surface area contributed by atoms with Gasteiger partial charge in [0.2, 0.25) is 0 Å². The van der Waals surface area contributed by atoms with Gasteiger partial charge in [-0.25, -0.2) is 9.59 Å². The molecule has 1 aliphatic rings. The van der Waals surface area contributed by atoms with Crippen LogP contribution in [-0.2, 0) is 26.9 Å². The van der Waals surface area contributed by atoms with Crippen molar-refractivity contribution in [2.75, 3.05) is 0 Å². The molecule has 0 fully saturated rings. The first-order chi connectivity index (χ1) is 17.1. The van der Waals surface area contributed by atoms with Gasteiger partial charge >= 0.3 is 18.2 Å². The second-order valence-corrected chi connectivity index (χ2v) is 11.0. The largest absolute Gasteiger partial charge is 0.456 e. The second kappa shape index (κ2) is 11.1. The third kappa shape index (κ3) is 7.90. The van der Waals surface area contributed by atoms with E-state index in [4.69, 9.17) is 9.47 Å². The number of hydrogen-bond donors (Lipinski definition) is 1. The van der Waals surface area contributed by atoms with Gasteiger partial charge in [-0.15, -0.1) is 0 Å². The number of nitrogens with one attached hydrogen (secondary N) is 1. The molecule has 37 heavy (non-hydrogen) atoms. The van der Waals surface area contributed by atoms with Gasteiger partial charge in [0.15, 0.2) is 0 Å². The van der Waals surface area contributed by atoms with Crippen molar-refractivity contribution in [3.63, 3.8) is 0 Å². The Labute approximate surface area is 215 Å². The maximum absolute atomic E-state index is 13.2. The molecular formula is C27H34F3N3O4. The summed E-state index contributed by atoms with van der Waals surface area (Å²) >= 11 is 0. The van der Waals surface area contributed by atoms with Crippen LogP contribution in [0.1, 0.15) is 77.3 Å². The third-order valence-electron chi connectivity index (χ3n) is 5.84. The Morgan fingerprint density at radius 3 is 2.46 bits per heavy atom. The second-order valence-electron chi connectivity index (χ2n) is 11.0. The average Bonchev–Trinajstić information content (AvgIpc) is 2.76. The molecule has 0 spiro atoms. The minimum absolute atomic E-state index is 0.0865. The lowest BCUT2D eigenvalue weighted by Gasteiger charge is -2.30. The van der Waals surface area contributed by atoms with Crippen LogP contribution in [0.5, 0.6) is 0 Å². The molecule has 0 radical (unpaired) electrons. The number of alkyl carbamates (subject to hydrolysis) is 1. The van der Waals surface area contributed by atoms with E-state index in [-0.39, 0.29) is 23.1 Å². The number of halogens is 3. The zero-order valence-electron chi connectivity index (χ0n) is 22.0. The third-order valence-corrected chi connectivity index (χ3v) is 5.84. The summed E-state index contributed by atoms with van der Waals surface area (Å²) in [4.78, 5) is 25.6. The Hall–Kier alpha value is -3.17. The Bertz CT molecular complexity index is 1130. The zero-order valence-corrected chi connectivity index (χ0v) is 22.0. The molecule has 0 saturated carbocycles. The van der Waals surface area contributed by atoms with Crippen LogP contribution < -0.4 is 5.32 Å². The number of fused-ring (bicyclic) bond motifs is 1. The van der Waals surface area contributed by atoms with Gasteiger partial charge in [0.05, 0.1) is 17.0 Å². The summed E-state index contributed by atoms with van der Waals surface area (Å²) in [6.07, 6.45) is -4.43. The number of ether oxygens (including phenoxy) is 2. The van der Waals surface area contributed by atoms with E-state index in [0.29, 0.717) is 30.5 Å². The molecule has 0 bridgehead atoms. The van der Waals surface area contributed by atoms with Crippen LogP contribution in [0, 0.1) is 11.8 Å². The molecule has 1 amide bonds. The van der Waals surface area contributed by atoms with Gasteiger partial charge in [0.1, 0.15) is 17.7 Å². The average molecular weight is 522 g/mol. The maximum atomic E-state index is 13.2. The van der Waals surface area contributed by atoms with E-state index in [1.54, 1.807) is 26.8 Å². The number of amides is 1. The summed E-state index contributed by atoms with van der Waals surface area (Å²) < 4.78 is 50.9. The van der Waals surface area contributed by atoms with Crippen molar-refractivity contribution < 1.29 is 32.2 Å². The van der Waals surface area contributed by atoms with Crippen molar-refractivity contribution in [1.82, 2.24) is 15.5 Å².